The maximum Gasteiger partial charge on any atom is 0.305 e. The van der Waals surface area contributed by atoms with Crippen molar-refractivity contribution in [2.45, 2.75) is 12.8 Å². The maximum absolute atomic E-state index is 13.7. The molecule has 0 saturated carbocycles. The summed E-state index contributed by atoms with van der Waals surface area (Å²) in [6.07, 6.45) is 0.503. The summed E-state index contributed by atoms with van der Waals surface area (Å²) in [5, 5.41) is 0. The van der Waals surface area contributed by atoms with Gasteiger partial charge in [0.1, 0.15) is 5.82 Å². The van der Waals surface area contributed by atoms with Gasteiger partial charge in [0.2, 0.25) is 0 Å². The highest BCUT2D eigenvalue weighted by Crippen LogP contribution is 2.18. The van der Waals surface area contributed by atoms with Crippen LogP contribution in [0, 0.1) is 11.6 Å². The number of nitrogens with two attached hydrogens (primary N) is 1. The third-order valence-electron chi connectivity index (χ3n) is 2.74. The van der Waals surface area contributed by atoms with Crippen LogP contribution >= 0.6 is 0 Å². The van der Waals surface area contributed by atoms with Crippen LogP contribution in [0.2, 0.25) is 0 Å². The van der Waals surface area contributed by atoms with Gasteiger partial charge in [0, 0.05) is 20.0 Å². The van der Waals surface area contributed by atoms with Crippen molar-refractivity contribution in [2.24, 2.45) is 0 Å². The highest BCUT2D eigenvalue weighted by Gasteiger charge is 2.19. The molecule has 110 valence electrons. The largest absolute Gasteiger partial charge is 0.469 e. The normalized spacial score (nSPS) is 10.2. The minimum absolute atomic E-state index is 0.141. The van der Waals surface area contributed by atoms with E-state index in [-0.39, 0.29) is 13.0 Å². The average Bonchev–Trinajstić information content (AvgIpc) is 2.41. The number of hydrogen-bond donors (Lipinski definition) is 1. The van der Waals surface area contributed by atoms with Crippen LogP contribution in [0.15, 0.2) is 12.1 Å². The standard InChI is InChI=1S/C13H16F2N2O3/c1-17(5-3-4-11(18)20-2)13(19)9-6-8(14)7-10(16)12(9)15/h6-7H,3-5,16H2,1-2H3. The summed E-state index contributed by atoms with van der Waals surface area (Å²) < 4.78 is 31.3. The maximum atomic E-state index is 13.7. The third kappa shape index (κ3) is 3.91. The van der Waals surface area contributed by atoms with E-state index in [4.69, 9.17) is 5.73 Å². The lowest BCUT2D eigenvalue weighted by atomic mass is 10.1. The molecular weight excluding hydrogens is 270 g/mol. The van der Waals surface area contributed by atoms with Gasteiger partial charge in [0.05, 0.1) is 18.4 Å². The molecule has 0 radical (unpaired) electrons. The van der Waals surface area contributed by atoms with Gasteiger partial charge in [-0.05, 0) is 18.6 Å². The predicted molar refractivity (Wildman–Crippen MR) is 69.0 cm³/mol. The van der Waals surface area contributed by atoms with Gasteiger partial charge < -0.3 is 15.4 Å². The topological polar surface area (TPSA) is 72.6 Å². The average molecular weight is 286 g/mol. The van der Waals surface area contributed by atoms with Crippen LogP contribution in [0.1, 0.15) is 23.2 Å². The Morgan fingerprint density at radius 1 is 1.35 bits per heavy atom. The summed E-state index contributed by atoms with van der Waals surface area (Å²) in [5.74, 6) is -2.82. The minimum atomic E-state index is -0.948. The number of halogens is 2. The molecule has 0 heterocycles. The van der Waals surface area contributed by atoms with Crippen molar-refractivity contribution in [2.75, 3.05) is 26.4 Å². The van der Waals surface area contributed by atoms with E-state index < -0.39 is 34.8 Å². The lowest BCUT2D eigenvalue weighted by Crippen LogP contribution is -2.29. The zero-order valence-corrected chi connectivity index (χ0v) is 11.3. The molecule has 0 spiro atoms. The molecule has 20 heavy (non-hydrogen) atoms. The first kappa shape index (κ1) is 15.9. The summed E-state index contributed by atoms with van der Waals surface area (Å²) in [5.41, 5.74) is 4.42. The molecular formula is C13H16F2N2O3. The number of hydrogen-bond acceptors (Lipinski definition) is 4. The molecule has 7 heteroatoms. The molecule has 0 aliphatic heterocycles. The summed E-state index contributed by atoms with van der Waals surface area (Å²) in [6, 6.07) is 1.61. The number of carbonyl (C=O) groups is 2. The summed E-state index contributed by atoms with van der Waals surface area (Å²) in [7, 11) is 2.70. The molecule has 0 aliphatic carbocycles. The Morgan fingerprint density at radius 3 is 2.60 bits per heavy atom. The molecule has 0 aromatic heterocycles. The second-order valence-corrected chi connectivity index (χ2v) is 4.26. The van der Waals surface area contributed by atoms with Gasteiger partial charge in [-0.25, -0.2) is 8.78 Å². The Kier molecular flexibility index (Phi) is 5.42. The Hall–Kier alpha value is -2.18. The summed E-state index contributed by atoms with van der Waals surface area (Å²) >= 11 is 0. The molecule has 0 saturated heterocycles. The number of methoxy groups -OCH3 is 1. The van der Waals surface area contributed by atoms with Crippen LogP contribution in [0.5, 0.6) is 0 Å². The summed E-state index contributed by atoms with van der Waals surface area (Å²) in [4.78, 5) is 24.1. The molecule has 0 unspecified atom stereocenters. The SMILES string of the molecule is COC(=O)CCCN(C)C(=O)c1cc(F)cc(N)c1F. The van der Waals surface area contributed by atoms with E-state index in [0.29, 0.717) is 6.42 Å². The molecule has 1 rings (SSSR count). The fourth-order valence-electron chi connectivity index (χ4n) is 1.64. The van der Waals surface area contributed by atoms with Crippen molar-refractivity contribution in [3.63, 3.8) is 0 Å². The number of carbonyl (C=O) groups excluding carboxylic acids is 2. The zero-order valence-electron chi connectivity index (χ0n) is 11.3. The smallest absolute Gasteiger partial charge is 0.305 e. The highest BCUT2D eigenvalue weighted by molar-refractivity contribution is 5.95. The molecule has 1 aromatic rings. The number of nitrogens with zero attached hydrogens (tertiary/aromatic N) is 1. The van der Waals surface area contributed by atoms with Crippen LogP contribution in [0.3, 0.4) is 0 Å². The predicted octanol–water partition coefficient (Wildman–Crippen LogP) is 1.57. The molecule has 1 aromatic carbocycles. The van der Waals surface area contributed by atoms with E-state index in [1.54, 1.807) is 0 Å². The molecule has 1 amide bonds. The number of nitrogen functional groups attached to an aromatic ring is 1. The van der Waals surface area contributed by atoms with Gasteiger partial charge in [0.15, 0.2) is 5.82 Å². The van der Waals surface area contributed by atoms with E-state index in [2.05, 4.69) is 4.74 Å². The highest BCUT2D eigenvalue weighted by atomic mass is 19.1. The fourth-order valence-corrected chi connectivity index (χ4v) is 1.64. The Balaban J connectivity index is 2.72. The van der Waals surface area contributed by atoms with Crippen molar-refractivity contribution >= 4 is 17.6 Å². The van der Waals surface area contributed by atoms with E-state index in [9.17, 15) is 18.4 Å². The minimum Gasteiger partial charge on any atom is -0.469 e. The van der Waals surface area contributed by atoms with Crippen LogP contribution < -0.4 is 5.73 Å². The van der Waals surface area contributed by atoms with Gasteiger partial charge in [-0.15, -0.1) is 0 Å². The van der Waals surface area contributed by atoms with Crippen molar-refractivity contribution in [3.05, 3.63) is 29.3 Å². The number of esters is 1. The lowest BCUT2D eigenvalue weighted by molar-refractivity contribution is -0.140. The second kappa shape index (κ2) is 6.83. The van der Waals surface area contributed by atoms with E-state index in [1.807, 2.05) is 0 Å². The van der Waals surface area contributed by atoms with Crippen LogP contribution in [-0.4, -0.2) is 37.5 Å². The quantitative estimate of drug-likeness (QED) is 0.658. The van der Waals surface area contributed by atoms with Gasteiger partial charge in [-0.1, -0.05) is 0 Å². The molecule has 0 fully saturated rings. The number of ether oxygens (including phenoxy) is 1. The van der Waals surface area contributed by atoms with Crippen LogP contribution in [-0.2, 0) is 9.53 Å². The molecule has 2 N–H and O–H groups in total. The van der Waals surface area contributed by atoms with Gasteiger partial charge in [0.25, 0.3) is 5.91 Å². The number of benzene rings is 1. The van der Waals surface area contributed by atoms with E-state index >= 15 is 0 Å². The number of rotatable bonds is 5. The number of anilines is 1. The van der Waals surface area contributed by atoms with Crippen molar-refractivity contribution < 1.29 is 23.1 Å². The van der Waals surface area contributed by atoms with Crippen molar-refractivity contribution in [3.8, 4) is 0 Å². The van der Waals surface area contributed by atoms with Crippen LogP contribution in [0.4, 0.5) is 14.5 Å². The molecule has 0 atom stereocenters. The molecule has 0 aliphatic rings. The monoisotopic (exact) mass is 286 g/mol. The second-order valence-electron chi connectivity index (χ2n) is 4.26. The first-order valence-corrected chi connectivity index (χ1v) is 5.93. The van der Waals surface area contributed by atoms with Crippen LogP contribution in [0.25, 0.3) is 0 Å². The zero-order chi connectivity index (χ0) is 15.3. The Morgan fingerprint density at radius 2 is 2.00 bits per heavy atom. The fraction of sp³-hybridized carbons (Fsp3) is 0.385. The van der Waals surface area contributed by atoms with Crippen molar-refractivity contribution in [1.29, 1.82) is 0 Å². The van der Waals surface area contributed by atoms with E-state index in [1.165, 1.54) is 19.1 Å². The molecule has 0 bridgehead atoms. The first-order chi connectivity index (χ1) is 9.36. The van der Waals surface area contributed by atoms with Crippen molar-refractivity contribution in [1.82, 2.24) is 4.90 Å². The van der Waals surface area contributed by atoms with Gasteiger partial charge >= 0.3 is 5.97 Å². The summed E-state index contributed by atoms with van der Waals surface area (Å²) in [6.45, 7) is 0.212. The van der Waals surface area contributed by atoms with Gasteiger partial charge in [-0.3, -0.25) is 9.59 Å². The Labute approximate surface area is 115 Å². The Bertz CT molecular complexity index is 521. The van der Waals surface area contributed by atoms with Gasteiger partial charge in [-0.2, -0.15) is 0 Å². The lowest BCUT2D eigenvalue weighted by Gasteiger charge is -2.17. The molecule has 5 nitrogen and oxygen atoms in total. The van der Waals surface area contributed by atoms with E-state index in [0.717, 1.165) is 12.1 Å². The third-order valence-corrected chi connectivity index (χ3v) is 2.74. The number of amides is 1. The first-order valence-electron chi connectivity index (χ1n) is 5.93.